The lowest BCUT2D eigenvalue weighted by Gasteiger charge is -2.04. The van der Waals surface area contributed by atoms with Gasteiger partial charge >= 0.3 is 5.97 Å². The normalized spacial score (nSPS) is 11.7. The van der Waals surface area contributed by atoms with Crippen molar-refractivity contribution in [3.63, 3.8) is 0 Å². The minimum Gasteiger partial charge on any atom is -0.468 e. The molecule has 3 aromatic rings. The molecule has 0 unspecified atom stereocenters. The van der Waals surface area contributed by atoms with E-state index in [1.165, 1.54) is 17.7 Å². The highest BCUT2D eigenvalue weighted by molar-refractivity contribution is 7.16. The number of ether oxygens (including phenoxy) is 1. The summed E-state index contributed by atoms with van der Waals surface area (Å²) in [6.07, 6.45) is 0.134. The van der Waals surface area contributed by atoms with Crippen molar-refractivity contribution in [3.8, 4) is 0 Å². The molecule has 0 saturated heterocycles. The summed E-state index contributed by atoms with van der Waals surface area (Å²) in [5.41, 5.74) is 2.19. The van der Waals surface area contributed by atoms with Gasteiger partial charge in [-0.25, -0.2) is 4.39 Å². The molecule has 7 heteroatoms. The second-order valence-electron chi connectivity index (χ2n) is 5.80. The van der Waals surface area contributed by atoms with E-state index in [1.54, 1.807) is 12.1 Å². The number of aryl methyl sites for hydroxylation is 1. The first-order valence-corrected chi connectivity index (χ1v) is 8.77. The summed E-state index contributed by atoms with van der Waals surface area (Å²) in [5.74, 6) is -1.38. The van der Waals surface area contributed by atoms with Gasteiger partial charge in [0.2, 0.25) is 0 Å². The predicted molar refractivity (Wildman–Crippen MR) is 97.2 cm³/mol. The Morgan fingerprint density at radius 3 is 2.62 bits per heavy atom. The number of thiazole rings is 1. The highest BCUT2D eigenvalue weighted by atomic mass is 32.1. The summed E-state index contributed by atoms with van der Waals surface area (Å²) in [4.78, 5) is 28.4. The molecule has 0 N–H and O–H groups in total. The molecule has 1 aromatic heterocycles. The van der Waals surface area contributed by atoms with Gasteiger partial charge in [0.05, 0.1) is 23.7 Å². The van der Waals surface area contributed by atoms with E-state index in [4.69, 9.17) is 0 Å². The minimum atomic E-state index is -0.541. The monoisotopic (exact) mass is 372 g/mol. The van der Waals surface area contributed by atoms with Crippen LogP contribution in [0.5, 0.6) is 0 Å². The van der Waals surface area contributed by atoms with Crippen LogP contribution >= 0.6 is 11.3 Å². The standard InChI is InChI=1S/C19H17FN2O3S/c1-12-6-8-13(9-7-12)10-16(23)21-19-22(11-17(24)25-2)18-14(20)4-3-5-15(18)26-19/h3-9H,10-11H2,1-2H3. The van der Waals surface area contributed by atoms with Crippen LogP contribution in [0.2, 0.25) is 0 Å². The average molecular weight is 372 g/mol. The van der Waals surface area contributed by atoms with Crippen LogP contribution in [0.4, 0.5) is 4.39 Å². The minimum absolute atomic E-state index is 0.134. The maximum absolute atomic E-state index is 14.2. The van der Waals surface area contributed by atoms with Gasteiger partial charge in [0.25, 0.3) is 5.91 Å². The van der Waals surface area contributed by atoms with E-state index >= 15 is 0 Å². The Hall–Kier alpha value is -2.80. The molecule has 5 nitrogen and oxygen atoms in total. The number of benzene rings is 2. The molecule has 0 bridgehead atoms. The number of hydrogen-bond acceptors (Lipinski definition) is 4. The summed E-state index contributed by atoms with van der Waals surface area (Å²) in [7, 11) is 1.26. The van der Waals surface area contributed by atoms with Crippen molar-refractivity contribution in [3.05, 3.63) is 64.2 Å². The molecule has 0 spiro atoms. The van der Waals surface area contributed by atoms with Crippen LogP contribution in [0.1, 0.15) is 11.1 Å². The number of hydrogen-bond donors (Lipinski definition) is 0. The summed E-state index contributed by atoms with van der Waals surface area (Å²) in [6.45, 7) is 1.76. The Balaban J connectivity index is 2.02. The number of fused-ring (bicyclic) bond motifs is 1. The third-order valence-electron chi connectivity index (χ3n) is 3.86. The van der Waals surface area contributed by atoms with E-state index in [9.17, 15) is 14.0 Å². The molecule has 0 fully saturated rings. The maximum atomic E-state index is 14.2. The van der Waals surface area contributed by atoms with Gasteiger partial charge in [0.1, 0.15) is 12.4 Å². The number of carbonyl (C=O) groups is 2. The van der Waals surface area contributed by atoms with Gasteiger partial charge < -0.3 is 9.30 Å². The number of rotatable bonds is 4. The summed E-state index contributed by atoms with van der Waals surface area (Å²) < 4.78 is 20.9. The van der Waals surface area contributed by atoms with Crippen molar-refractivity contribution in [2.24, 2.45) is 4.99 Å². The van der Waals surface area contributed by atoms with Crippen LogP contribution in [-0.4, -0.2) is 23.6 Å². The van der Waals surface area contributed by atoms with Gasteiger partial charge in [-0.05, 0) is 24.6 Å². The Kier molecular flexibility index (Phi) is 5.27. The quantitative estimate of drug-likeness (QED) is 0.662. The first kappa shape index (κ1) is 18.0. The molecular formula is C19H17FN2O3S. The molecule has 134 valence electrons. The number of halogens is 1. The number of amides is 1. The summed E-state index contributed by atoms with van der Waals surface area (Å²) in [6, 6.07) is 12.2. The average Bonchev–Trinajstić information content (AvgIpc) is 2.95. The summed E-state index contributed by atoms with van der Waals surface area (Å²) >= 11 is 1.16. The molecule has 1 heterocycles. The third kappa shape index (κ3) is 3.88. The zero-order chi connectivity index (χ0) is 18.7. The molecule has 1 amide bonds. The lowest BCUT2D eigenvalue weighted by Crippen LogP contribution is -2.23. The van der Waals surface area contributed by atoms with Crippen LogP contribution in [0, 0.1) is 12.7 Å². The zero-order valence-corrected chi connectivity index (χ0v) is 15.2. The maximum Gasteiger partial charge on any atom is 0.325 e. The first-order chi connectivity index (χ1) is 12.5. The number of aromatic nitrogens is 1. The molecular weight excluding hydrogens is 355 g/mol. The number of esters is 1. The van der Waals surface area contributed by atoms with Crippen molar-refractivity contribution in [2.75, 3.05) is 7.11 Å². The van der Waals surface area contributed by atoms with Gasteiger partial charge in [-0.3, -0.25) is 9.59 Å². The second kappa shape index (κ2) is 7.61. The first-order valence-electron chi connectivity index (χ1n) is 7.95. The lowest BCUT2D eigenvalue weighted by molar-refractivity contribution is -0.141. The molecule has 3 rings (SSSR count). The lowest BCUT2D eigenvalue weighted by atomic mass is 10.1. The molecule has 0 aliphatic rings. The van der Waals surface area contributed by atoms with E-state index in [1.807, 2.05) is 31.2 Å². The van der Waals surface area contributed by atoms with Crippen LogP contribution in [0.3, 0.4) is 0 Å². The zero-order valence-electron chi connectivity index (χ0n) is 14.4. The van der Waals surface area contributed by atoms with Gasteiger partial charge in [0, 0.05) is 0 Å². The molecule has 0 radical (unpaired) electrons. The molecule has 0 aliphatic carbocycles. The van der Waals surface area contributed by atoms with E-state index in [0.29, 0.717) is 4.70 Å². The Morgan fingerprint density at radius 2 is 1.92 bits per heavy atom. The topological polar surface area (TPSA) is 60.7 Å². The molecule has 0 atom stereocenters. The number of carbonyl (C=O) groups excluding carboxylic acids is 2. The highest BCUT2D eigenvalue weighted by Crippen LogP contribution is 2.20. The van der Waals surface area contributed by atoms with E-state index in [-0.39, 0.29) is 29.2 Å². The van der Waals surface area contributed by atoms with Crippen molar-refractivity contribution >= 4 is 33.4 Å². The van der Waals surface area contributed by atoms with Gasteiger partial charge in [-0.15, -0.1) is 0 Å². The van der Waals surface area contributed by atoms with Gasteiger partial charge in [-0.2, -0.15) is 4.99 Å². The molecule has 0 saturated carbocycles. The van der Waals surface area contributed by atoms with E-state index in [2.05, 4.69) is 9.73 Å². The van der Waals surface area contributed by atoms with Crippen molar-refractivity contribution in [1.29, 1.82) is 0 Å². The molecule has 2 aromatic carbocycles. The number of methoxy groups -OCH3 is 1. The molecule has 0 aliphatic heterocycles. The van der Waals surface area contributed by atoms with Crippen LogP contribution < -0.4 is 4.80 Å². The van der Waals surface area contributed by atoms with Crippen molar-refractivity contribution < 1.29 is 18.7 Å². The van der Waals surface area contributed by atoms with Gasteiger partial charge in [0.15, 0.2) is 4.80 Å². The fourth-order valence-electron chi connectivity index (χ4n) is 2.54. The second-order valence-corrected chi connectivity index (χ2v) is 6.81. The molecule has 26 heavy (non-hydrogen) atoms. The van der Waals surface area contributed by atoms with Crippen LogP contribution in [0.15, 0.2) is 47.5 Å². The predicted octanol–water partition coefficient (Wildman–Crippen LogP) is 2.99. The Labute approximate surface area is 153 Å². The largest absolute Gasteiger partial charge is 0.468 e. The third-order valence-corrected chi connectivity index (χ3v) is 4.91. The fraction of sp³-hybridized carbons (Fsp3) is 0.211. The van der Waals surface area contributed by atoms with Crippen molar-refractivity contribution in [2.45, 2.75) is 19.9 Å². The van der Waals surface area contributed by atoms with Crippen LogP contribution in [-0.2, 0) is 27.3 Å². The Morgan fingerprint density at radius 1 is 1.19 bits per heavy atom. The SMILES string of the molecule is COC(=O)Cn1c(=NC(=O)Cc2ccc(C)cc2)sc2cccc(F)c21. The number of para-hydroxylation sites is 1. The van der Waals surface area contributed by atoms with E-state index in [0.717, 1.165) is 22.5 Å². The van der Waals surface area contributed by atoms with Gasteiger partial charge in [-0.1, -0.05) is 47.2 Å². The summed E-state index contributed by atoms with van der Waals surface area (Å²) in [5, 5.41) is 0. The smallest absolute Gasteiger partial charge is 0.325 e. The number of nitrogens with zero attached hydrogens (tertiary/aromatic N) is 2. The van der Waals surface area contributed by atoms with E-state index < -0.39 is 11.8 Å². The fourth-order valence-corrected chi connectivity index (χ4v) is 3.60. The van der Waals surface area contributed by atoms with Crippen molar-refractivity contribution in [1.82, 2.24) is 4.57 Å². The van der Waals surface area contributed by atoms with Crippen LogP contribution in [0.25, 0.3) is 10.2 Å². The Bertz CT molecular complexity index is 1040. The highest BCUT2D eigenvalue weighted by Gasteiger charge is 2.15.